The molecule has 0 N–H and O–H groups in total. The van der Waals surface area contributed by atoms with E-state index in [4.69, 9.17) is 9.15 Å². The molecule has 0 spiro atoms. The Kier molecular flexibility index (Phi) is 4.87. The molecule has 4 nitrogen and oxygen atoms in total. The van der Waals surface area contributed by atoms with E-state index in [1.165, 1.54) is 58.6 Å². The topological polar surface area (TPSA) is 42.7 Å². The fourth-order valence-electron chi connectivity index (χ4n) is 3.61. The highest BCUT2D eigenvalue weighted by molar-refractivity contribution is 5.87. The van der Waals surface area contributed by atoms with Gasteiger partial charge < -0.3 is 9.15 Å². The molecule has 0 aromatic carbocycles. The lowest BCUT2D eigenvalue weighted by atomic mass is 9.89. The molecule has 0 bridgehead atoms. The van der Waals surface area contributed by atoms with Gasteiger partial charge in [0.25, 0.3) is 0 Å². The van der Waals surface area contributed by atoms with Crippen molar-refractivity contribution in [1.82, 2.24) is 4.90 Å². The average Bonchev–Trinajstić information content (AvgIpc) is 3.31. The summed E-state index contributed by atoms with van der Waals surface area (Å²) in [7, 11) is 1.39. The molecule has 0 saturated heterocycles. The molecule has 122 valence electrons. The molecule has 1 aromatic rings. The highest BCUT2D eigenvalue weighted by atomic mass is 16.5. The first-order valence-corrected chi connectivity index (χ1v) is 8.59. The van der Waals surface area contributed by atoms with Gasteiger partial charge in [0.15, 0.2) is 0 Å². The van der Waals surface area contributed by atoms with Crippen molar-refractivity contribution < 1.29 is 13.9 Å². The number of nitrogens with zero attached hydrogens (tertiary/aromatic N) is 1. The van der Waals surface area contributed by atoms with Crippen LogP contribution in [0.5, 0.6) is 0 Å². The molecule has 0 atom stereocenters. The molecule has 1 aromatic heterocycles. The quantitative estimate of drug-likeness (QED) is 0.747. The van der Waals surface area contributed by atoms with Gasteiger partial charge in [-0.3, -0.25) is 4.90 Å². The number of carbonyl (C=O) groups excluding carboxylic acids is 1. The van der Waals surface area contributed by atoms with E-state index < -0.39 is 0 Å². The average molecular weight is 305 g/mol. The van der Waals surface area contributed by atoms with E-state index in [9.17, 15) is 4.79 Å². The predicted molar refractivity (Wildman–Crippen MR) is 84.8 cm³/mol. The number of carbonyl (C=O) groups is 1. The highest BCUT2D eigenvalue weighted by Crippen LogP contribution is 2.33. The largest absolute Gasteiger partial charge is 0.463 e. The fourth-order valence-corrected chi connectivity index (χ4v) is 3.61. The zero-order valence-electron chi connectivity index (χ0n) is 13.8. The van der Waals surface area contributed by atoms with Crippen LogP contribution in [0.4, 0.5) is 0 Å². The number of ether oxygens (including phenoxy) is 1. The van der Waals surface area contributed by atoms with Gasteiger partial charge in [-0.25, -0.2) is 4.79 Å². The van der Waals surface area contributed by atoms with Gasteiger partial charge in [-0.2, -0.15) is 0 Å². The maximum absolute atomic E-state index is 11.7. The summed E-state index contributed by atoms with van der Waals surface area (Å²) in [5, 5.41) is 0. The van der Waals surface area contributed by atoms with Crippen LogP contribution in [0.2, 0.25) is 0 Å². The predicted octanol–water partition coefficient (Wildman–Crippen LogP) is 3.92. The van der Waals surface area contributed by atoms with Gasteiger partial charge >= 0.3 is 5.97 Å². The summed E-state index contributed by atoms with van der Waals surface area (Å²) in [4.78, 5) is 14.2. The number of hydrogen-bond acceptors (Lipinski definition) is 4. The van der Waals surface area contributed by atoms with Gasteiger partial charge in [-0.15, -0.1) is 0 Å². The number of esters is 1. The Hall–Kier alpha value is -1.29. The first-order chi connectivity index (χ1) is 10.7. The summed E-state index contributed by atoms with van der Waals surface area (Å²) < 4.78 is 10.5. The lowest BCUT2D eigenvalue weighted by Crippen LogP contribution is -2.32. The lowest BCUT2D eigenvalue weighted by molar-refractivity contribution is 0.0559. The van der Waals surface area contributed by atoms with Gasteiger partial charge in [0.2, 0.25) is 5.76 Å². The first kappa shape index (κ1) is 15.6. The third-order valence-electron chi connectivity index (χ3n) is 4.98. The number of hydrogen-bond donors (Lipinski definition) is 0. The number of aryl methyl sites for hydroxylation is 1. The molecular weight excluding hydrogens is 278 g/mol. The summed E-state index contributed by atoms with van der Waals surface area (Å²) in [5.74, 6) is 1.70. The molecule has 1 heterocycles. The number of furan rings is 1. The highest BCUT2D eigenvalue weighted by Gasteiger charge is 2.32. The van der Waals surface area contributed by atoms with Crippen molar-refractivity contribution in [2.45, 2.75) is 64.5 Å². The van der Waals surface area contributed by atoms with Gasteiger partial charge in [0.05, 0.1) is 13.7 Å². The van der Waals surface area contributed by atoms with Crippen molar-refractivity contribution in [3.05, 3.63) is 23.2 Å². The Bertz CT molecular complexity index is 512. The zero-order chi connectivity index (χ0) is 15.5. The maximum atomic E-state index is 11.7. The van der Waals surface area contributed by atoms with Crippen LogP contribution < -0.4 is 0 Å². The second-order valence-electron chi connectivity index (χ2n) is 6.88. The molecule has 2 saturated carbocycles. The molecule has 4 heteroatoms. The summed E-state index contributed by atoms with van der Waals surface area (Å²) in [5.41, 5.74) is 0.871. The van der Waals surface area contributed by atoms with Crippen LogP contribution >= 0.6 is 0 Å². The Balaban J connectivity index is 1.64. The molecule has 0 amide bonds. The SMILES string of the molecule is COC(=O)c1oc(CN(CC2CCCCC2)C2CC2)cc1C. The van der Waals surface area contributed by atoms with E-state index in [0.29, 0.717) is 11.8 Å². The van der Waals surface area contributed by atoms with Gasteiger partial charge in [-0.05, 0) is 44.6 Å². The van der Waals surface area contributed by atoms with E-state index in [-0.39, 0.29) is 5.97 Å². The summed E-state index contributed by atoms with van der Waals surface area (Å²) in [6.45, 7) is 3.90. The summed E-state index contributed by atoms with van der Waals surface area (Å²) in [6.07, 6.45) is 9.51. The van der Waals surface area contributed by atoms with Crippen LogP contribution in [-0.4, -0.2) is 30.6 Å². The zero-order valence-corrected chi connectivity index (χ0v) is 13.8. The van der Waals surface area contributed by atoms with Crippen LogP contribution in [0.15, 0.2) is 10.5 Å². The van der Waals surface area contributed by atoms with Gasteiger partial charge in [-0.1, -0.05) is 19.3 Å². The van der Waals surface area contributed by atoms with Crippen molar-refractivity contribution >= 4 is 5.97 Å². The van der Waals surface area contributed by atoms with Gasteiger partial charge in [0, 0.05) is 18.2 Å². The Labute approximate surface area is 132 Å². The van der Waals surface area contributed by atoms with E-state index in [1.807, 2.05) is 13.0 Å². The van der Waals surface area contributed by atoms with E-state index >= 15 is 0 Å². The van der Waals surface area contributed by atoms with Crippen molar-refractivity contribution in [3.63, 3.8) is 0 Å². The van der Waals surface area contributed by atoms with Crippen molar-refractivity contribution in [2.24, 2.45) is 5.92 Å². The first-order valence-electron chi connectivity index (χ1n) is 8.59. The second kappa shape index (κ2) is 6.86. The minimum absolute atomic E-state index is 0.353. The Morgan fingerprint density at radius 1 is 1.27 bits per heavy atom. The second-order valence-corrected chi connectivity index (χ2v) is 6.88. The molecule has 3 rings (SSSR count). The van der Waals surface area contributed by atoms with E-state index in [0.717, 1.165) is 23.8 Å². The van der Waals surface area contributed by atoms with Crippen LogP contribution in [0.25, 0.3) is 0 Å². The van der Waals surface area contributed by atoms with Crippen LogP contribution in [-0.2, 0) is 11.3 Å². The minimum Gasteiger partial charge on any atom is -0.463 e. The number of methoxy groups -OCH3 is 1. The molecule has 0 aliphatic heterocycles. The normalized spacial score (nSPS) is 19.6. The standard InChI is InChI=1S/C18H27NO3/c1-13-10-16(22-17(13)18(20)21-2)12-19(15-8-9-15)11-14-6-4-3-5-7-14/h10,14-15H,3-9,11-12H2,1-2H3. The smallest absolute Gasteiger partial charge is 0.374 e. The van der Waals surface area contributed by atoms with Crippen molar-refractivity contribution in [1.29, 1.82) is 0 Å². The molecule has 0 unspecified atom stereocenters. The molecule has 2 aliphatic rings. The monoisotopic (exact) mass is 305 g/mol. The van der Waals surface area contributed by atoms with Crippen LogP contribution in [0.1, 0.15) is 66.8 Å². The Morgan fingerprint density at radius 3 is 2.64 bits per heavy atom. The molecule has 2 fully saturated rings. The van der Waals surface area contributed by atoms with Crippen molar-refractivity contribution in [3.8, 4) is 0 Å². The minimum atomic E-state index is -0.381. The number of rotatable bonds is 6. The van der Waals surface area contributed by atoms with Crippen LogP contribution in [0, 0.1) is 12.8 Å². The third-order valence-corrected chi connectivity index (χ3v) is 4.98. The Morgan fingerprint density at radius 2 is 2.00 bits per heavy atom. The molecular formula is C18H27NO3. The lowest BCUT2D eigenvalue weighted by Gasteiger charge is -2.29. The van der Waals surface area contributed by atoms with Crippen molar-refractivity contribution in [2.75, 3.05) is 13.7 Å². The summed E-state index contributed by atoms with van der Waals surface area (Å²) >= 11 is 0. The van der Waals surface area contributed by atoms with E-state index in [2.05, 4.69) is 4.90 Å². The fraction of sp³-hybridized carbons (Fsp3) is 0.722. The third kappa shape index (κ3) is 3.72. The maximum Gasteiger partial charge on any atom is 0.374 e. The van der Waals surface area contributed by atoms with Gasteiger partial charge in [0.1, 0.15) is 5.76 Å². The molecule has 2 aliphatic carbocycles. The molecule has 0 radical (unpaired) electrons. The van der Waals surface area contributed by atoms with E-state index in [1.54, 1.807) is 0 Å². The summed E-state index contributed by atoms with van der Waals surface area (Å²) in [6, 6.07) is 2.71. The van der Waals surface area contributed by atoms with Crippen LogP contribution in [0.3, 0.4) is 0 Å². The molecule has 22 heavy (non-hydrogen) atoms.